The van der Waals surface area contributed by atoms with Gasteiger partial charge >= 0.3 is 0 Å². The van der Waals surface area contributed by atoms with E-state index in [9.17, 15) is 0 Å². The summed E-state index contributed by atoms with van der Waals surface area (Å²) in [5, 5.41) is 11.1. The van der Waals surface area contributed by atoms with E-state index in [1.54, 1.807) is 6.20 Å². The molecule has 0 radical (unpaired) electrons. The molecular weight excluding hydrogens is 348 g/mol. The van der Waals surface area contributed by atoms with Crippen LogP contribution in [0.4, 0.5) is 11.4 Å². The molecule has 6 heteroatoms. The molecule has 1 aromatic heterocycles. The summed E-state index contributed by atoms with van der Waals surface area (Å²) in [4.78, 5) is 6.60. The molecule has 0 amide bonds. The third-order valence-corrected chi connectivity index (χ3v) is 5.26. The number of hydrogen-bond donors (Lipinski definition) is 3. The number of likely N-dealkylation sites (tertiary alicyclic amines) is 1. The van der Waals surface area contributed by atoms with Gasteiger partial charge in [0, 0.05) is 60.4 Å². The SMILES string of the molecule is N=Cc1cc(NC2CCCN(Cc3ccc(-n4ccnc4)cc3)C2)ccc1N. The van der Waals surface area contributed by atoms with Crippen molar-refractivity contribution < 1.29 is 0 Å². The number of anilines is 2. The Balaban J connectivity index is 1.36. The summed E-state index contributed by atoms with van der Waals surface area (Å²) in [6.07, 6.45) is 9.20. The molecular formula is C22H26N6. The second-order valence-electron chi connectivity index (χ2n) is 7.34. The third kappa shape index (κ3) is 4.23. The predicted octanol–water partition coefficient (Wildman–Crippen LogP) is 3.53. The van der Waals surface area contributed by atoms with Gasteiger partial charge in [0.1, 0.15) is 0 Å². The van der Waals surface area contributed by atoms with E-state index in [0.717, 1.165) is 43.0 Å². The molecule has 4 N–H and O–H groups in total. The molecule has 1 unspecified atom stereocenters. The van der Waals surface area contributed by atoms with Gasteiger partial charge in [-0.05, 0) is 55.3 Å². The zero-order valence-electron chi connectivity index (χ0n) is 15.9. The number of benzene rings is 2. The maximum Gasteiger partial charge on any atom is 0.0991 e. The number of nitrogens with one attached hydrogen (secondary N) is 2. The number of rotatable bonds is 6. The van der Waals surface area contributed by atoms with Crippen LogP contribution in [0.15, 0.2) is 61.2 Å². The lowest BCUT2D eigenvalue weighted by Crippen LogP contribution is -2.41. The maximum absolute atomic E-state index is 7.47. The van der Waals surface area contributed by atoms with Crippen LogP contribution in [-0.2, 0) is 6.54 Å². The number of nitrogens with zero attached hydrogens (tertiary/aromatic N) is 3. The molecule has 1 aliphatic heterocycles. The highest BCUT2D eigenvalue weighted by molar-refractivity contribution is 5.86. The fraction of sp³-hybridized carbons (Fsp3) is 0.273. The Morgan fingerprint density at radius 1 is 1.21 bits per heavy atom. The lowest BCUT2D eigenvalue weighted by Gasteiger charge is -2.33. The van der Waals surface area contributed by atoms with E-state index in [0.29, 0.717) is 11.7 Å². The van der Waals surface area contributed by atoms with Gasteiger partial charge < -0.3 is 21.0 Å². The van der Waals surface area contributed by atoms with Gasteiger partial charge in [0.05, 0.1) is 6.33 Å². The predicted molar refractivity (Wildman–Crippen MR) is 114 cm³/mol. The molecule has 1 fully saturated rings. The molecule has 6 nitrogen and oxygen atoms in total. The summed E-state index contributed by atoms with van der Waals surface area (Å²) in [7, 11) is 0. The quantitative estimate of drug-likeness (QED) is 0.455. The van der Waals surface area contributed by atoms with Crippen LogP contribution in [0.3, 0.4) is 0 Å². The Morgan fingerprint density at radius 2 is 2.07 bits per heavy atom. The zero-order chi connectivity index (χ0) is 19.3. The van der Waals surface area contributed by atoms with Crippen molar-refractivity contribution in [3.05, 3.63) is 72.3 Å². The minimum Gasteiger partial charge on any atom is -0.398 e. The smallest absolute Gasteiger partial charge is 0.0991 e. The topological polar surface area (TPSA) is 83.0 Å². The second kappa shape index (κ2) is 8.27. The van der Waals surface area contributed by atoms with Gasteiger partial charge in [0.25, 0.3) is 0 Å². The van der Waals surface area contributed by atoms with Gasteiger partial charge in [-0.2, -0.15) is 0 Å². The summed E-state index contributed by atoms with van der Waals surface area (Å²) in [5.74, 6) is 0. The highest BCUT2D eigenvalue weighted by Crippen LogP contribution is 2.21. The first-order valence-electron chi connectivity index (χ1n) is 9.67. The molecule has 4 rings (SSSR count). The van der Waals surface area contributed by atoms with Crippen LogP contribution in [0.2, 0.25) is 0 Å². The van der Waals surface area contributed by atoms with Crippen LogP contribution in [-0.4, -0.2) is 39.8 Å². The molecule has 1 atom stereocenters. The monoisotopic (exact) mass is 374 g/mol. The van der Waals surface area contributed by atoms with Crippen molar-refractivity contribution in [1.29, 1.82) is 5.41 Å². The Morgan fingerprint density at radius 3 is 2.82 bits per heavy atom. The zero-order valence-corrected chi connectivity index (χ0v) is 15.9. The highest BCUT2D eigenvalue weighted by atomic mass is 15.2. The molecule has 0 aliphatic carbocycles. The number of aromatic nitrogens is 2. The van der Waals surface area contributed by atoms with Crippen molar-refractivity contribution in [2.24, 2.45) is 0 Å². The molecule has 144 valence electrons. The average molecular weight is 374 g/mol. The third-order valence-electron chi connectivity index (χ3n) is 5.26. The van der Waals surface area contributed by atoms with Gasteiger partial charge in [-0.1, -0.05) is 12.1 Å². The molecule has 0 saturated carbocycles. The van der Waals surface area contributed by atoms with Crippen LogP contribution >= 0.6 is 0 Å². The number of imidazole rings is 1. The van der Waals surface area contributed by atoms with E-state index in [1.807, 2.05) is 35.3 Å². The Kier molecular flexibility index (Phi) is 5.39. The summed E-state index contributed by atoms with van der Waals surface area (Å²) >= 11 is 0. The van der Waals surface area contributed by atoms with Gasteiger partial charge in [-0.3, -0.25) is 4.90 Å². The molecule has 2 aromatic carbocycles. The van der Waals surface area contributed by atoms with E-state index in [2.05, 4.69) is 39.5 Å². The number of piperidine rings is 1. The number of hydrogen-bond acceptors (Lipinski definition) is 5. The normalized spacial score (nSPS) is 17.4. The van der Waals surface area contributed by atoms with E-state index in [-0.39, 0.29) is 0 Å². The van der Waals surface area contributed by atoms with Gasteiger partial charge in [0.15, 0.2) is 0 Å². The van der Waals surface area contributed by atoms with Crippen LogP contribution in [0.25, 0.3) is 5.69 Å². The maximum atomic E-state index is 7.47. The minimum absolute atomic E-state index is 0.404. The highest BCUT2D eigenvalue weighted by Gasteiger charge is 2.20. The van der Waals surface area contributed by atoms with E-state index in [1.165, 1.54) is 18.2 Å². The number of nitrogen functional groups attached to an aromatic ring is 1. The summed E-state index contributed by atoms with van der Waals surface area (Å²) in [5.41, 5.74) is 10.8. The second-order valence-corrected chi connectivity index (χ2v) is 7.34. The Bertz CT molecular complexity index is 917. The largest absolute Gasteiger partial charge is 0.398 e. The summed E-state index contributed by atoms with van der Waals surface area (Å²) < 4.78 is 2.01. The minimum atomic E-state index is 0.404. The van der Waals surface area contributed by atoms with Crippen molar-refractivity contribution in [2.75, 3.05) is 24.1 Å². The van der Waals surface area contributed by atoms with Crippen molar-refractivity contribution in [2.45, 2.75) is 25.4 Å². The van der Waals surface area contributed by atoms with Gasteiger partial charge in [-0.15, -0.1) is 0 Å². The van der Waals surface area contributed by atoms with Crippen molar-refractivity contribution in [1.82, 2.24) is 14.5 Å². The Labute approximate surface area is 165 Å². The molecule has 1 aliphatic rings. The first-order valence-corrected chi connectivity index (χ1v) is 9.67. The van der Waals surface area contributed by atoms with Crippen LogP contribution in [0, 0.1) is 5.41 Å². The fourth-order valence-corrected chi connectivity index (χ4v) is 3.79. The van der Waals surface area contributed by atoms with Crippen LogP contribution < -0.4 is 11.1 Å². The van der Waals surface area contributed by atoms with Crippen molar-refractivity contribution in [3.63, 3.8) is 0 Å². The van der Waals surface area contributed by atoms with Gasteiger partial charge in [0.2, 0.25) is 0 Å². The summed E-state index contributed by atoms with van der Waals surface area (Å²) in [6, 6.07) is 14.9. The van der Waals surface area contributed by atoms with Crippen molar-refractivity contribution >= 4 is 17.6 Å². The standard InChI is InChI=1S/C22H26N6/c23-13-18-12-19(5-8-22(18)24)26-20-2-1-10-27(15-20)14-17-3-6-21(7-4-17)28-11-9-25-16-28/h3-9,11-13,16,20,23,26H,1-2,10,14-15,24H2. The average Bonchev–Trinajstić information content (AvgIpc) is 3.25. The molecule has 2 heterocycles. The molecule has 1 saturated heterocycles. The van der Waals surface area contributed by atoms with Gasteiger partial charge in [-0.25, -0.2) is 4.98 Å². The first kappa shape index (κ1) is 18.3. The van der Waals surface area contributed by atoms with E-state index < -0.39 is 0 Å². The van der Waals surface area contributed by atoms with Crippen LogP contribution in [0.1, 0.15) is 24.0 Å². The summed E-state index contributed by atoms with van der Waals surface area (Å²) in [6.45, 7) is 3.08. The van der Waals surface area contributed by atoms with Crippen LogP contribution in [0.5, 0.6) is 0 Å². The molecule has 0 bridgehead atoms. The number of nitrogens with two attached hydrogens (primary N) is 1. The molecule has 3 aromatic rings. The van der Waals surface area contributed by atoms with E-state index in [4.69, 9.17) is 11.1 Å². The lowest BCUT2D eigenvalue weighted by atomic mass is 10.0. The first-order chi connectivity index (χ1) is 13.7. The Hall–Kier alpha value is -3.12. The molecule has 0 spiro atoms. The lowest BCUT2D eigenvalue weighted by molar-refractivity contribution is 0.208. The van der Waals surface area contributed by atoms with Crippen molar-refractivity contribution in [3.8, 4) is 5.69 Å². The van der Waals surface area contributed by atoms with E-state index >= 15 is 0 Å². The fourth-order valence-electron chi connectivity index (χ4n) is 3.79. The molecule has 28 heavy (non-hydrogen) atoms.